The molecule has 3 heterocycles. The fourth-order valence-electron chi connectivity index (χ4n) is 3.15. The number of hydrogen-bond donors (Lipinski definition) is 2. The Labute approximate surface area is 168 Å². The van der Waals surface area contributed by atoms with E-state index in [2.05, 4.69) is 33.9 Å². The van der Waals surface area contributed by atoms with E-state index < -0.39 is 0 Å². The van der Waals surface area contributed by atoms with Crippen LogP contribution in [0, 0.1) is 12.3 Å². The van der Waals surface area contributed by atoms with Crippen LogP contribution < -0.4 is 10.6 Å². The van der Waals surface area contributed by atoms with E-state index in [1.165, 1.54) is 11.8 Å². The van der Waals surface area contributed by atoms with Gasteiger partial charge in [0, 0.05) is 19.1 Å². The van der Waals surface area contributed by atoms with Crippen molar-refractivity contribution in [2.45, 2.75) is 56.2 Å². The predicted octanol–water partition coefficient (Wildman–Crippen LogP) is 2.83. The van der Waals surface area contributed by atoms with Gasteiger partial charge in [0.2, 0.25) is 0 Å². The topological polar surface area (TPSA) is 101 Å². The maximum absolute atomic E-state index is 9.87. The molecule has 3 rings (SSSR count). The second-order valence-corrected chi connectivity index (χ2v) is 8.65. The van der Waals surface area contributed by atoms with Crippen molar-refractivity contribution in [1.82, 2.24) is 20.2 Å². The fraction of sp³-hybridized carbons (Fsp3) is 0.556. The van der Waals surface area contributed by atoms with Gasteiger partial charge in [0.1, 0.15) is 10.7 Å². The van der Waals surface area contributed by atoms with Gasteiger partial charge in [-0.3, -0.25) is 0 Å². The Morgan fingerprint density at radius 1 is 1.37 bits per heavy atom. The molecule has 0 spiro atoms. The maximum Gasteiger partial charge on any atom is 0.165 e. The highest BCUT2D eigenvalue weighted by Crippen LogP contribution is 2.37. The van der Waals surface area contributed by atoms with Crippen LogP contribution in [0.3, 0.4) is 0 Å². The van der Waals surface area contributed by atoms with Crippen molar-refractivity contribution in [1.29, 1.82) is 0 Å². The van der Waals surface area contributed by atoms with Gasteiger partial charge >= 0.3 is 0 Å². The zero-order chi connectivity index (χ0) is 19.6. The number of nitrogens with zero attached hydrogens (tertiary/aromatic N) is 5. The summed E-state index contributed by atoms with van der Waals surface area (Å²) in [6, 6.07) is 1.94. The number of aryl methyl sites for hydroxylation is 1. The number of hydrogen-bond acceptors (Lipinski definition) is 8. The van der Waals surface area contributed by atoms with Crippen LogP contribution >= 0.6 is 23.4 Å². The Bertz CT molecular complexity index is 810. The van der Waals surface area contributed by atoms with Gasteiger partial charge in [0.05, 0.1) is 23.4 Å². The monoisotopic (exact) mass is 408 g/mol. The molecule has 1 unspecified atom stereocenters. The van der Waals surface area contributed by atoms with Crippen LogP contribution in [0.1, 0.15) is 38.1 Å². The zero-order valence-electron chi connectivity index (χ0n) is 15.8. The van der Waals surface area contributed by atoms with Crippen LogP contribution in [0.5, 0.6) is 0 Å². The number of aliphatic hydroxyl groups is 1. The Morgan fingerprint density at radius 2 is 2.07 bits per heavy atom. The van der Waals surface area contributed by atoms with E-state index in [1.807, 2.05) is 6.92 Å². The van der Waals surface area contributed by atoms with Crippen LogP contribution in [0.4, 0.5) is 5.82 Å². The van der Waals surface area contributed by atoms with Crippen molar-refractivity contribution in [3.63, 3.8) is 0 Å². The van der Waals surface area contributed by atoms with Gasteiger partial charge in [-0.2, -0.15) is 5.10 Å². The molecule has 3 N–H and O–H groups in total. The molecule has 1 aliphatic heterocycles. The van der Waals surface area contributed by atoms with E-state index in [-0.39, 0.29) is 18.1 Å². The second kappa shape index (κ2) is 8.26. The average molecular weight is 409 g/mol. The highest BCUT2D eigenvalue weighted by atomic mass is 35.5. The van der Waals surface area contributed by atoms with Crippen molar-refractivity contribution in [3.8, 4) is 0 Å². The normalized spacial score (nSPS) is 17.8. The number of aliphatic hydroxyl groups excluding tert-OH is 1. The van der Waals surface area contributed by atoms with Gasteiger partial charge in [-0.25, -0.2) is 9.97 Å². The van der Waals surface area contributed by atoms with Crippen LogP contribution in [-0.2, 0) is 6.61 Å². The Kier molecular flexibility index (Phi) is 6.20. The van der Waals surface area contributed by atoms with E-state index in [1.54, 1.807) is 12.3 Å². The van der Waals surface area contributed by atoms with Crippen LogP contribution in [-0.4, -0.2) is 44.4 Å². The molecule has 27 heavy (non-hydrogen) atoms. The number of piperidine rings is 1. The first-order chi connectivity index (χ1) is 12.8. The lowest BCUT2D eigenvalue weighted by atomic mass is 9.75. The first-order valence-corrected chi connectivity index (χ1v) is 10.2. The summed E-state index contributed by atoms with van der Waals surface area (Å²) in [6.07, 6.45) is 3.57. The fourth-order valence-corrected chi connectivity index (χ4v) is 4.18. The summed E-state index contributed by atoms with van der Waals surface area (Å²) in [5, 5.41) is 18.5. The van der Waals surface area contributed by atoms with Crippen LogP contribution in [0.15, 0.2) is 22.2 Å². The molecule has 0 amide bonds. The summed E-state index contributed by atoms with van der Waals surface area (Å²) in [4.78, 5) is 12.4. The molecule has 0 aliphatic carbocycles. The molecule has 9 heteroatoms. The van der Waals surface area contributed by atoms with E-state index >= 15 is 0 Å². The van der Waals surface area contributed by atoms with E-state index in [0.717, 1.165) is 42.3 Å². The number of nitrogens with two attached hydrogens (primary N) is 1. The van der Waals surface area contributed by atoms with Crippen molar-refractivity contribution < 1.29 is 5.11 Å². The van der Waals surface area contributed by atoms with Gasteiger partial charge in [0.15, 0.2) is 11.0 Å². The summed E-state index contributed by atoms with van der Waals surface area (Å²) < 4.78 is 0. The van der Waals surface area contributed by atoms with E-state index in [0.29, 0.717) is 15.9 Å². The Morgan fingerprint density at radius 3 is 2.67 bits per heavy atom. The van der Waals surface area contributed by atoms with Crippen molar-refractivity contribution in [2.24, 2.45) is 11.1 Å². The SMILES string of the molecule is Cc1nc(N2CCC(C)(C(C)N)CC2)c(CO)nc1Sc1ccnnc1Cl. The molecule has 7 nitrogen and oxygen atoms in total. The summed E-state index contributed by atoms with van der Waals surface area (Å²) in [5.74, 6) is 0.755. The third-order valence-corrected chi connectivity index (χ3v) is 6.90. The summed E-state index contributed by atoms with van der Waals surface area (Å²) in [5.41, 5.74) is 7.67. The van der Waals surface area contributed by atoms with Crippen LogP contribution in [0.25, 0.3) is 0 Å². The highest BCUT2D eigenvalue weighted by Gasteiger charge is 2.34. The summed E-state index contributed by atoms with van der Waals surface area (Å²) in [6.45, 7) is 7.77. The minimum atomic E-state index is -0.167. The molecule has 2 aromatic rings. The standard InChI is InChI=1S/C18H25ClN6OS/c1-11-17(27-14-4-7-21-24-15(14)19)23-13(10-26)16(22-11)25-8-5-18(3,6-9-25)12(2)20/h4,7,12,26H,5-6,8-10,20H2,1-3H3. The Hall–Kier alpha value is -1.48. The molecular formula is C18H25ClN6OS. The molecule has 0 saturated carbocycles. The van der Waals surface area contributed by atoms with Crippen molar-refractivity contribution >= 4 is 29.2 Å². The molecule has 1 atom stereocenters. The van der Waals surface area contributed by atoms with Gasteiger partial charge in [0.25, 0.3) is 0 Å². The van der Waals surface area contributed by atoms with E-state index in [9.17, 15) is 5.11 Å². The molecule has 146 valence electrons. The van der Waals surface area contributed by atoms with Gasteiger partial charge in [-0.1, -0.05) is 30.3 Å². The molecule has 0 aromatic carbocycles. The first-order valence-electron chi connectivity index (χ1n) is 8.98. The quantitative estimate of drug-likeness (QED) is 0.778. The lowest BCUT2D eigenvalue weighted by molar-refractivity contribution is 0.204. The van der Waals surface area contributed by atoms with Gasteiger partial charge in [-0.15, -0.1) is 5.10 Å². The van der Waals surface area contributed by atoms with Gasteiger partial charge in [-0.05, 0) is 38.2 Å². The molecule has 1 aliphatic rings. The first kappa shape index (κ1) is 20.3. The zero-order valence-corrected chi connectivity index (χ0v) is 17.4. The lowest BCUT2D eigenvalue weighted by Crippen LogP contribution is -2.47. The molecule has 1 saturated heterocycles. The largest absolute Gasteiger partial charge is 0.390 e. The number of anilines is 1. The lowest BCUT2D eigenvalue weighted by Gasteiger charge is -2.42. The predicted molar refractivity (Wildman–Crippen MR) is 107 cm³/mol. The van der Waals surface area contributed by atoms with E-state index in [4.69, 9.17) is 22.3 Å². The molecule has 0 bridgehead atoms. The average Bonchev–Trinajstić information content (AvgIpc) is 2.65. The number of halogens is 1. The van der Waals surface area contributed by atoms with Crippen molar-refractivity contribution in [2.75, 3.05) is 18.0 Å². The number of aromatic nitrogens is 4. The minimum absolute atomic E-state index is 0.138. The summed E-state index contributed by atoms with van der Waals surface area (Å²) >= 11 is 7.47. The third-order valence-electron chi connectivity index (χ3n) is 5.38. The number of rotatable bonds is 5. The smallest absolute Gasteiger partial charge is 0.165 e. The van der Waals surface area contributed by atoms with Crippen LogP contribution in [0.2, 0.25) is 5.15 Å². The summed E-state index contributed by atoms with van der Waals surface area (Å²) in [7, 11) is 0. The third kappa shape index (κ3) is 4.34. The highest BCUT2D eigenvalue weighted by molar-refractivity contribution is 7.99. The second-order valence-electron chi connectivity index (χ2n) is 7.26. The maximum atomic E-state index is 9.87. The Balaban J connectivity index is 1.84. The molecule has 2 aromatic heterocycles. The van der Waals surface area contributed by atoms with Gasteiger partial charge < -0.3 is 15.7 Å². The molecular weight excluding hydrogens is 384 g/mol. The minimum Gasteiger partial charge on any atom is -0.390 e. The molecule has 0 radical (unpaired) electrons. The van der Waals surface area contributed by atoms with Crippen molar-refractivity contribution in [3.05, 3.63) is 28.8 Å². The molecule has 1 fully saturated rings.